The van der Waals surface area contributed by atoms with Crippen LogP contribution in [0.1, 0.15) is 20.8 Å². The van der Waals surface area contributed by atoms with Crippen molar-refractivity contribution in [1.82, 2.24) is 15.8 Å². The Balaban J connectivity index is 1.95. The lowest BCUT2D eigenvalue weighted by atomic mass is 10.2. The fraction of sp³-hybridized carbons (Fsp3) is 0.0714. The molecule has 1 aromatic carbocycles. The summed E-state index contributed by atoms with van der Waals surface area (Å²) < 4.78 is 4.99. The zero-order valence-electron chi connectivity index (χ0n) is 11.1. The van der Waals surface area contributed by atoms with Gasteiger partial charge in [0.1, 0.15) is 11.4 Å². The Labute approximate surface area is 126 Å². The minimum Gasteiger partial charge on any atom is -0.497 e. The molecule has 2 amide bonds. The lowest BCUT2D eigenvalue weighted by Gasteiger charge is -2.07. The molecule has 21 heavy (non-hydrogen) atoms. The lowest BCUT2D eigenvalue weighted by molar-refractivity contribution is 0.0844. The highest BCUT2D eigenvalue weighted by atomic mass is 35.5. The van der Waals surface area contributed by atoms with Crippen molar-refractivity contribution < 1.29 is 14.3 Å². The molecule has 6 nitrogen and oxygen atoms in total. The van der Waals surface area contributed by atoms with E-state index in [0.29, 0.717) is 16.3 Å². The van der Waals surface area contributed by atoms with Crippen LogP contribution in [0.25, 0.3) is 0 Å². The Kier molecular flexibility index (Phi) is 4.73. The molecule has 0 radical (unpaired) electrons. The second-order valence-electron chi connectivity index (χ2n) is 4.00. The van der Waals surface area contributed by atoms with E-state index in [9.17, 15) is 9.59 Å². The van der Waals surface area contributed by atoms with Crippen molar-refractivity contribution in [3.8, 4) is 5.75 Å². The van der Waals surface area contributed by atoms with Crippen LogP contribution in [-0.4, -0.2) is 23.9 Å². The van der Waals surface area contributed by atoms with Crippen molar-refractivity contribution in [2.45, 2.75) is 0 Å². The van der Waals surface area contributed by atoms with Gasteiger partial charge >= 0.3 is 0 Å². The van der Waals surface area contributed by atoms with Crippen LogP contribution in [0.15, 0.2) is 42.6 Å². The summed E-state index contributed by atoms with van der Waals surface area (Å²) in [5, 5.41) is 0.386. The standard InChI is InChI=1S/C14H12ClN3O3/c1-21-11-4-2-9(3-5-11)13(19)17-18-14(20)12-8-10(15)6-7-16-12/h2-8H,1H3,(H,17,19)(H,18,20). The molecule has 0 spiro atoms. The Morgan fingerprint density at radius 1 is 1.10 bits per heavy atom. The van der Waals surface area contributed by atoms with Gasteiger partial charge in [-0.1, -0.05) is 11.6 Å². The number of nitrogens with zero attached hydrogens (tertiary/aromatic N) is 1. The van der Waals surface area contributed by atoms with Crippen LogP contribution in [0.3, 0.4) is 0 Å². The van der Waals surface area contributed by atoms with Crippen molar-refractivity contribution >= 4 is 23.4 Å². The number of ether oxygens (including phenoxy) is 1. The third-order valence-electron chi connectivity index (χ3n) is 2.60. The van der Waals surface area contributed by atoms with Crippen LogP contribution in [0.2, 0.25) is 5.02 Å². The number of carbonyl (C=O) groups is 2. The van der Waals surface area contributed by atoms with Crippen molar-refractivity contribution in [3.05, 3.63) is 58.9 Å². The number of halogens is 1. The fourth-order valence-electron chi connectivity index (χ4n) is 1.52. The van der Waals surface area contributed by atoms with Crippen LogP contribution < -0.4 is 15.6 Å². The number of aromatic nitrogens is 1. The van der Waals surface area contributed by atoms with Gasteiger partial charge in [-0.2, -0.15) is 0 Å². The van der Waals surface area contributed by atoms with Gasteiger partial charge in [0.15, 0.2) is 0 Å². The van der Waals surface area contributed by atoms with Crippen LogP contribution >= 0.6 is 11.6 Å². The minimum absolute atomic E-state index is 0.109. The maximum atomic E-state index is 11.8. The fourth-order valence-corrected chi connectivity index (χ4v) is 1.68. The lowest BCUT2D eigenvalue weighted by Crippen LogP contribution is -2.41. The highest BCUT2D eigenvalue weighted by molar-refractivity contribution is 6.30. The molecule has 2 rings (SSSR count). The quantitative estimate of drug-likeness (QED) is 0.848. The molecule has 0 atom stereocenters. The van der Waals surface area contributed by atoms with Crippen LogP contribution in [0.4, 0.5) is 0 Å². The number of hydrogen-bond acceptors (Lipinski definition) is 4. The van der Waals surface area contributed by atoms with Crippen molar-refractivity contribution in [2.24, 2.45) is 0 Å². The van der Waals surface area contributed by atoms with E-state index in [1.807, 2.05) is 0 Å². The number of nitrogens with one attached hydrogen (secondary N) is 2. The van der Waals surface area contributed by atoms with Gasteiger partial charge in [-0.05, 0) is 36.4 Å². The first kappa shape index (κ1) is 14.8. The molecule has 0 aliphatic carbocycles. The predicted octanol–water partition coefficient (Wildman–Crippen LogP) is 1.82. The van der Waals surface area contributed by atoms with Gasteiger partial charge in [0.25, 0.3) is 11.8 Å². The van der Waals surface area contributed by atoms with Crippen LogP contribution in [0, 0.1) is 0 Å². The van der Waals surface area contributed by atoms with E-state index >= 15 is 0 Å². The molecular formula is C14H12ClN3O3. The zero-order valence-corrected chi connectivity index (χ0v) is 11.8. The average Bonchev–Trinajstić information content (AvgIpc) is 2.52. The van der Waals surface area contributed by atoms with Gasteiger partial charge in [-0.25, -0.2) is 0 Å². The number of rotatable bonds is 3. The van der Waals surface area contributed by atoms with E-state index in [1.165, 1.54) is 19.4 Å². The number of hydrogen-bond donors (Lipinski definition) is 2. The molecule has 7 heteroatoms. The van der Waals surface area contributed by atoms with Crippen LogP contribution in [0.5, 0.6) is 5.75 Å². The van der Waals surface area contributed by atoms with E-state index < -0.39 is 11.8 Å². The van der Waals surface area contributed by atoms with E-state index in [1.54, 1.807) is 30.3 Å². The van der Waals surface area contributed by atoms with Crippen molar-refractivity contribution in [2.75, 3.05) is 7.11 Å². The second kappa shape index (κ2) is 6.71. The summed E-state index contributed by atoms with van der Waals surface area (Å²) in [6.07, 6.45) is 1.41. The van der Waals surface area contributed by atoms with E-state index in [-0.39, 0.29) is 5.69 Å². The molecule has 0 bridgehead atoms. The molecule has 0 fully saturated rings. The van der Waals surface area contributed by atoms with Gasteiger partial charge in [-0.3, -0.25) is 25.4 Å². The highest BCUT2D eigenvalue weighted by Crippen LogP contribution is 2.11. The summed E-state index contributed by atoms with van der Waals surface area (Å²) in [5.41, 5.74) is 5.05. The molecule has 0 aliphatic heterocycles. The molecule has 2 aromatic rings. The number of hydrazine groups is 1. The highest BCUT2D eigenvalue weighted by Gasteiger charge is 2.10. The number of methoxy groups -OCH3 is 1. The van der Waals surface area contributed by atoms with Gasteiger partial charge in [0.2, 0.25) is 0 Å². The molecule has 1 heterocycles. The van der Waals surface area contributed by atoms with Gasteiger partial charge in [-0.15, -0.1) is 0 Å². The monoisotopic (exact) mass is 305 g/mol. The first-order chi connectivity index (χ1) is 10.1. The summed E-state index contributed by atoms with van der Waals surface area (Å²) in [7, 11) is 1.54. The molecule has 0 saturated carbocycles. The summed E-state index contributed by atoms with van der Waals surface area (Å²) >= 11 is 5.76. The molecule has 108 valence electrons. The topological polar surface area (TPSA) is 80.3 Å². The SMILES string of the molecule is COc1ccc(C(=O)NNC(=O)c2cc(Cl)ccn2)cc1. The molecule has 0 saturated heterocycles. The summed E-state index contributed by atoms with van der Waals surface area (Å²) in [5.74, 6) is -0.369. The third-order valence-corrected chi connectivity index (χ3v) is 2.83. The maximum Gasteiger partial charge on any atom is 0.288 e. The number of amides is 2. The number of benzene rings is 1. The van der Waals surface area contributed by atoms with Crippen molar-refractivity contribution in [3.63, 3.8) is 0 Å². The average molecular weight is 306 g/mol. The van der Waals surface area contributed by atoms with E-state index in [4.69, 9.17) is 16.3 Å². The zero-order chi connectivity index (χ0) is 15.2. The molecule has 0 unspecified atom stereocenters. The molecule has 1 aromatic heterocycles. The third kappa shape index (κ3) is 3.93. The first-order valence-electron chi connectivity index (χ1n) is 5.96. The van der Waals surface area contributed by atoms with Crippen LogP contribution in [-0.2, 0) is 0 Å². The number of pyridine rings is 1. The Morgan fingerprint density at radius 3 is 2.38 bits per heavy atom. The Hall–Kier alpha value is -2.60. The number of carbonyl (C=O) groups excluding carboxylic acids is 2. The van der Waals surface area contributed by atoms with E-state index in [2.05, 4.69) is 15.8 Å². The van der Waals surface area contributed by atoms with E-state index in [0.717, 1.165) is 0 Å². The van der Waals surface area contributed by atoms with Gasteiger partial charge in [0, 0.05) is 16.8 Å². The largest absolute Gasteiger partial charge is 0.497 e. The summed E-state index contributed by atoms with van der Waals surface area (Å²) in [4.78, 5) is 27.4. The van der Waals surface area contributed by atoms with Gasteiger partial charge in [0.05, 0.1) is 7.11 Å². The molecule has 2 N–H and O–H groups in total. The second-order valence-corrected chi connectivity index (χ2v) is 4.43. The predicted molar refractivity (Wildman–Crippen MR) is 77.2 cm³/mol. The summed E-state index contributed by atoms with van der Waals surface area (Å²) in [6.45, 7) is 0. The Bertz CT molecular complexity index is 659. The van der Waals surface area contributed by atoms with Gasteiger partial charge < -0.3 is 4.74 Å². The minimum atomic E-state index is -0.556. The summed E-state index contributed by atoms with van der Waals surface area (Å²) in [6, 6.07) is 9.41. The molecular weight excluding hydrogens is 294 g/mol. The van der Waals surface area contributed by atoms with Crippen molar-refractivity contribution in [1.29, 1.82) is 0 Å². The smallest absolute Gasteiger partial charge is 0.288 e. The normalized spacial score (nSPS) is 9.81. The Morgan fingerprint density at radius 2 is 1.76 bits per heavy atom. The first-order valence-corrected chi connectivity index (χ1v) is 6.34. The maximum absolute atomic E-state index is 11.8. The molecule has 0 aliphatic rings.